The molecule has 1 aromatic rings. The van der Waals surface area contributed by atoms with Crippen LogP contribution in [-0.2, 0) is 22.4 Å². The summed E-state index contributed by atoms with van der Waals surface area (Å²) >= 11 is 0. The molecule has 1 aliphatic rings. The van der Waals surface area contributed by atoms with Gasteiger partial charge in [-0.15, -0.1) is 0 Å². The molecular formula is C22H34O2. The number of unbranched alkanes of at least 4 members (excludes halogenated alkanes) is 6. The van der Waals surface area contributed by atoms with E-state index in [1.54, 1.807) is 0 Å². The second-order valence-electron chi connectivity index (χ2n) is 7.31. The highest BCUT2D eigenvalue weighted by Crippen LogP contribution is 2.20. The normalized spacial score (nSPS) is 17.7. The van der Waals surface area contributed by atoms with Crippen molar-refractivity contribution in [3.8, 4) is 0 Å². The summed E-state index contributed by atoms with van der Waals surface area (Å²) in [5.74, 6) is 0.524. The van der Waals surface area contributed by atoms with Gasteiger partial charge in [0, 0.05) is 6.42 Å². The molecule has 0 aromatic heterocycles. The maximum Gasteiger partial charge on any atom is 0.305 e. The van der Waals surface area contributed by atoms with Crippen molar-refractivity contribution >= 4 is 5.97 Å². The van der Waals surface area contributed by atoms with Crippen molar-refractivity contribution in [1.29, 1.82) is 0 Å². The second-order valence-corrected chi connectivity index (χ2v) is 7.31. The van der Waals surface area contributed by atoms with E-state index in [-0.39, 0.29) is 5.97 Å². The zero-order valence-electron chi connectivity index (χ0n) is 15.4. The summed E-state index contributed by atoms with van der Waals surface area (Å²) in [5.41, 5.74) is 2.88. The molecule has 0 radical (unpaired) electrons. The van der Waals surface area contributed by atoms with E-state index in [0.29, 0.717) is 18.9 Å². The Kier molecular flexibility index (Phi) is 8.94. The molecule has 0 amide bonds. The summed E-state index contributed by atoms with van der Waals surface area (Å²) in [6.07, 6.45) is 14.7. The number of esters is 1. The molecule has 1 saturated heterocycles. The summed E-state index contributed by atoms with van der Waals surface area (Å²) in [6, 6.07) is 9.16. The molecule has 24 heavy (non-hydrogen) atoms. The highest BCUT2D eigenvalue weighted by Gasteiger charge is 2.19. The van der Waals surface area contributed by atoms with Crippen molar-refractivity contribution < 1.29 is 9.53 Å². The summed E-state index contributed by atoms with van der Waals surface area (Å²) in [6.45, 7) is 2.89. The topological polar surface area (TPSA) is 26.3 Å². The molecule has 2 rings (SSSR count). The molecule has 1 aliphatic heterocycles. The lowest BCUT2D eigenvalue weighted by atomic mass is 9.94. The van der Waals surface area contributed by atoms with Crippen molar-refractivity contribution in [2.45, 2.75) is 84.0 Å². The van der Waals surface area contributed by atoms with Crippen LogP contribution in [0.3, 0.4) is 0 Å². The van der Waals surface area contributed by atoms with E-state index in [2.05, 4.69) is 31.2 Å². The van der Waals surface area contributed by atoms with Crippen molar-refractivity contribution in [2.24, 2.45) is 5.92 Å². The van der Waals surface area contributed by atoms with E-state index in [9.17, 15) is 4.79 Å². The summed E-state index contributed by atoms with van der Waals surface area (Å²) < 4.78 is 5.14. The Bertz CT molecular complexity index is 453. The first kappa shape index (κ1) is 19.0. The van der Waals surface area contributed by atoms with Gasteiger partial charge in [-0.2, -0.15) is 0 Å². The highest BCUT2D eigenvalue weighted by atomic mass is 16.5. The number of ether oxygens (including phenoxy) is 1. The van der Waals surface area contributed by atoms with E-state index in [1.165, 1.54) is 62.5 Å². The number of carbonyl (C=O) groups excluding carboxylic acids is 1. The van der Waals surface area contributed by atoms with Crippen molar-refractivity contribution in [3.05, 3.63) is 35.4 Å². The fourth-order valence-corrected chi connectivity index (χ4v) is 3.45. The van der Waals surface area contributed by atoms with Crippen LogP contribution in [-0.4, -0.2) is 12.6 Å². The first-order valence-electron chi connectivity index (χ1n) is 10.0. The number of carbonyl (C=O) groups is 1. The van der Waals surface area contributed by atoms with E-state index in [4.69, 9.17) is 4.74 Å². The third-order valence-corrected chi connectivity index (χ3v) is 5.17. The molecule has 0 N–H and O–H groups in total. The number of cyclic esters (lactones) is 1. The number of hydrogen-bond acceptors (Lipinski definition) is 2. The smallest absolute Gasteiger partial charge is 0.305 e. The Hall–Kier alpha value is -1.31. The minimum atomic E-state index is -0.0269. The van der Waals surface area contributed by atoms with Gasteiger partial charge in [0.1, 0.15) is 0 Å². The van der Waals surface area contributed by atoms with E-state index in [0.717, 1.165) is 19.3 Å². The standard InChI is InChI=1S/C22H34O2/c1-2-3-4-5-6-7-8-9-19-10-12-20(13-11-19)14-15-21-16-17-22(23)24-18-21/h10-13,21H,2-9,14-18H2,1H3. The Morgan fingerprint density at radius 1 is 0.917 bits per heavy atom. The molecular weight excluding hydrogens is 296 g/mol. The van der Waals surface area contributed by atoms with Crippen LogP contribution in [0.1, 0.15) is 82.3 Å². The Morgan fingerprint density at radius 3 is 2.17 bits per heavy atom. The SMILES string of the molecule is CCCCCCCCCc1ccc(CCC2CCC(=O)OC2)cc1. The van der Waals surface area contributed by atoms with Gasteiger partial charge in [-0.1, -0.05) is 69.7 Å². The number of benzene rings is 1. The third kappa shape index (κ3) is 7.51. The maximum atomic E-state index is 11.1. The van der Waals surface area contributed by atoms with Gasteiger partial charge in [0.05, 0.1) is 6.61 Å². The van der Waals surface area contributed by atoms with Crippen molar-refractivity contribution in [1.82, 2.24) is 0 Å². The monoisotopic (exact) mass is 330 g/mol. The average molecular weight is 331 g/mol. The molecule has 1 fully saturated rings. The summed E-state index contributed by atoms with van der Waals surface area (Å²) in [7, 11) is 0. The van der Waals surface area contributed by atoms with Crippen LogP contribution in [0.5, 0.6) is 0 Å². The largest absolute Gasteiger partial charge is 0.465 e. The molecule has 134 valence electrons. The quantitative estimate of drug-likeness (QED) is 0.375. The van der Waals surface area contributed by atoms with Crippen LogP contribution in [0.4, 0.5) is 0 Å². The van der Waals surface area contributed by atoms with Gasteiger partial charge in [-0.25, -0.2) is 0 Å². The molecule has 2 nitrogen and oxygen atoms in total. The Labute approximate surface area is 148 Å². The first-order valence-corrected chi connectivity index (χ1v) is 10.0. The van der Waals surface area contributed by atoms with Gasteiger partial charge in [-0.05, 0) is 49.1 Å². The average Bonchev–Trinajstić information content (AvgIpc) is 2.61. The van der Waals surface area contributed by atoms with Crippen LogP contribution in [0.25, 0.3) is 0 Å². The van der Waals surface area contributed by atoms with E-state index < -0.39 is 0 Å². The molecule has 1 aromatic carbocycles. The van der Waals surface area contributed by atoms with Gasteiger partial charge < -0.3 is 4.74 Å². The van der Waals surface area contributed by atoms with Gasteiger partial charge in [0.25, 0.3) is 0 Å². The zero-order chi connectivity index (χ0) is 17.0. The Morgan fingerprint density at radius 2 is 1.54 bits per heavy atom. The predicted octanol–water partition coefficient (Wildman–Crippen LogP) is 5.87. The van der Waals surface area contributed by atoms with Crippen LogP contribution < -0.4 is 0 Å². The van der Waals surface area contributed by atoms with Crippen LogP contribution >= 0.6 is 0 Å². The number of hydrogen-bond donors (Lipinski definition) is 0. The van der Waals surface area contributed by atoms with E-state index >= 15 is 0 Å². The zero-order valence-corrected chi connectivity index (χ0v) is 15.4. The first-order chi connectivity index (χ1) is 11.8. The fraction of sp³-hybridized carbons (Fsp3) is 0.682. The summed E-state index contributed by atoms with van der Waals surface area (Å²) in [4.78, 5) is 11.1. The lowest BCUT2D eigenvalue weighted by Gasteiger charge is -2.21. The third-order valence-electron chi connectivity index (χ3n) is 5.17. The molecule has 2 heteroatoms. The van der Waals surface area contributed by atoms with Crippen LogP contribution in [0.15, 0.2) is 24.3 Å². The molecule has 0 bridgehead atoms. The van der Waals surface area contributed by atoms with Gasteiger partial charge in [-0.3, -0.25) is 4.79 Å². The Balaban J connectivity index is 1.57. The fourth-order valence-electron chi connectivity index (χ4n) is 3.45. The highest BCUT2D eigenvalue weighted by molar-refractivity contribution is 5.69. The lowest BCUT2D eigenvalue weighted by molar-refractivity contribution is -0.149. The molecule has 1 heterocycles. The van der Waals surface area contributed by atoms with Gasteiger partial charge in [0.15, 0.2) is 0 Å². The van der Waals surface area contributed by atoms with Gasteiger partial charge >= 0.3 is 5.97 Å². The molecule has 0 aliphatic carbocycles. The molecule has 0 spiro atoms. The van der Waals surface area contributed by atoms with Crippen molar-refractivity contribution in [2.75, 3.05) is 6.61 Å². The van der Waals surface area contributed by atoms with Crippen molar-refractivity contribution in [3.63, 3.8) is 0 Å². The van der Waals surface area contributed by atoms with Crippen LogP contribution in [0, 0.1) is 5.92 Å². The van der Waals surface area contributed by atoms with Gasteiger partial charge in [0.2, 0.25) is 0 Å². The maximum absolute atomic E-state index is 11.1. The minimum absolute atomic E-state index is 0.0269. The number of aryl methyl sites for hydroxylation is 2. The minimum Gasteiger partial charge on any atom is -0.465 e. The molecule has 1 atom stereocenters. The molecule has 1 unspecified atom stereocenters. The lowest BCUT2D eigenvalue weighted by Crippen LogP contribution is -2.21. The second kappa shape index (κ2) is 11.3. The van der Waals surface area contributed by atoms with E-state index in [1.807, 2.05) is 0 Å². The summed E-state index contributed by atoms with van der Waals surface area (Å²) in [5, 5.41) is 0. The number of rotatable bonds is 11. The predicted molar refractivity (Wildman–Crippen MR) is 100 cm³/mol. The van der Waals surface area contributed by atoms with Crippen LogP contribution in [0.2, 0.25) is 0 Å². The molecule has 0 saturated carbocycles.